The van der Waals surface area contributed by atoms with Crippen LogP contribution in [0.15, 0.2) is 54.6 Å². The van der Waals surface area contributed by atoms with E-state index in [-0.39, 0.29) is 30.4 Å². The summed E-state index contributed by atoms with van der Waals surface area (Å²) in [6.07, 6.45) is 2.35. The fourth-order valence-electron chi connectivity index (χ4n) is 3.38. The van der Waals surface area contributed by atoms with Crippen LogP contribution in [0.3, 0.4) is 0 Å². The quantitative estimate of drug-likeness (QED) is 0.880. The number of nitrogens with two attached hydrogens (primary N) is 1. The maximum Gasteiger partial charge on any atom is 0.224 e. The molecule has 1 aliphatic rings. The van der Waals surface area contributed by atoms with Crippen molar-refractivity contribution in [1.29, 1.82) is 0 Å². The molecule has 0 radical (unpaired) electrons. The van der Waals surface area contributed by atoms with E-state index in [1.807, 2.05) is 53.4 Å². The van der Waals surface area contributed by atoms with E-state index in [2.05, 4.69) is 6.07 Å². The van der Waals surface area contributed by atoms with Gasteiger partial charge in [0.1, 0.15) is 5.75 Å². The van der Waals surface area contributed by atoms with Gasteiger partial charge in [-0.1, -0.05) is 42.5 Å². The maximum atomic E-state index is 12.8. The van der Waals surface area contributed by atoms with Crippen molar-refractivity contribution in [2.75, 3.05) is 13.7 Å². The van der Waals surface area contributed by atoms with Crippen molar-refractivity contribution in [2.24, 2.45) is 5.73 Å². The number of amides is 1. The second-order valence-electron chi connectivity index (χ2n) is 6.24. The Hall–Kier alpha value is -2.04. The summed E-state index contributed by atoms with van der Waals surface area (Å²) < 4.78 is 5.31. The zero-order chi connectivity index (χ0) is 16.9. The standard InChI is InChI=1S/C20H24N2O2.ClH/c1-24-17-10-5-9-16(13-17)19-11-6-12-22(19)20(23)14-18(21)15-7-3-2-4-8-15;/h2-5,7-10,13,18-19H,6,11-12,14,21H2,1H3;1H. The van der Waals surface area contributed by atoms with Crippen molar-refractivity contribution in [3.63, 3.8) is 0 Å². The topological polar surface area (TPSA) is 55.6 Å². The monoisotopic (exact) mass is 360 g/mol. The Labute approximate surface area is 155 Å². The Morgan fingerprint density at radius 3 is 2.72 bits per heavy atom. The minimum atomic E-state index is -0.259. The zero-order valence-electron chi connectivity index (χ0n) is 14.4. The number of nitrogens with zero attached hydrogens (tertiary/aromatic N) is 1. The Bertz CT molecular complexity index is 693. The molecule has 2 N–H and O–H groups in total. The number of benzene rings is 2. The van der Waals surface area contributed by atoms with Crippen LogP contribution in [0.1, 0.15) is 42.5 Å². The molecule has 3 rings (SSSR count). The molecule has 134 valence electrons. The lowest BCUT2D eigenvalue weighted by Gasteiger charge is -2.26. The molecule has 1 fully saturated rings. The second kappa shape index (κ2) is 8.88. The third-order valence-electron chi connectivity index (χ3n) is 4.67. The van der Waals surface area contributed by atoms with Gasteiger partial charge < -0.3 is 15.4 Å². The van der Waals surface area contributed by atoms with E-state index >= 15 is 0 Å². The number of methoxy groups -OCH3 is 1. The van der Waals surface area contributed by atoms with Crippen LogP contribution in [0.5, 0.6) is 5.75 Å². The molecule has 4 nitrogen and oxygen atoms in total. The van der Waals surface area contributed by atoms with Crippen LogP contribution in [0.25, 0.3) is 0 Å². The third-order valence-corrected chi connectivity index (χ3v) is 4.67. The van der Waals surface area contributed by atoms with E-state index in [1.165, 1.54) is 0 Å². The third kappa shape index (κ3) is 4.53. The highest BCUT2D eigenvalue weighted by Gasteiger charge is 2.30. The molecule has 2 aromatic carbocycles. The summed E-state index contributed by atoms with van der Waals surface area (Å²) in [4.78, 5) is 14.8. The van der Waals surface area contributed by atoms with Gasteiger partial charge in [-0.15, -0.1) is 12.4 Å². The minimum Gasteiger partial charge on any atom is -0.497 e. The van der Waals surface area contributed by atoms with Gasteiger partial charge in [0.25, 0.3) is 0 Å². The van der Waals surface area contributed by atoms with Crippen LogP contribution in [0, 0.1) is 0 Å². The van der Waals surface area contributed by atoms with Gasteiger partial charge in [0.05, 0.1) is 13.2 Å². The molecule has 1 heterocycles. The lowest BCUT2D eigenvalue weighted by Crippen LogP contribution is -2.33. The molecule has 5 heteroatoms. The van der Waals surface area contributed by atoms with E-state index in [9.17, 15) is 4.79 Å². The second-order valence-corrected chi connectivity index (χ2v) is 6.24. The van der Waals surface area contributed by atoms with Gasteiger partial charge in [-0.3, -0.25) is 4.79 Å². The predicted octanol–water partition coefficient (Wildman–Crippen LogP) is 3.87. The summed E-state index contributed by atoms with van der Waals surface area (Å²) >= 11 is 0. The summed E-state index contributed by atoms with van der Waals surface area (Å²) in [7, 11) is 1.66. The smallest absolute Gasteiger partial charge is 0.224 e. The van der Waals surface area contributed by atoms with Crippen molar-refractivity contribution in [2.45, 2.75) is 31.3 Å². The van der Waals surface area contributed by atoms with Gasteiger partial charge in [0.2, 0.25) is 5.91 Å². The van der Waals surface area contributed by atoms with Crippen molar-refractivity contribution in [3.8, 4) is 5.75 Å². The first kappa shape index (κ1) is 19.3. The molecular weight excluding hydrogens is 336 g/mol. The van der Waals surface area contributed by atoms with E-state index < -0.39 is 0 Å². The van der Waals surface area contributed by atoms with Crippen LogP contribution >= 0.6 is 12.4 Å². The van der Waals surface area contributed by atoms with Crippen molar-refractivity contribution in [3.05, 3.63) is 65.7 Å². The number of carbonyl (C=O) groups is 1. The Balaban J connectivity index is 0.00000225. The van der Waals surface area contributed by atoms with Crippen LogP contribution < -0.4 is 10.5 Å². The number of ether oxygens (including phenoxy) is 1. The Kier molecular flexibility index (Phi) is 6.85. The molecule has 2 aromatic rings. The molecule has 0 spiro atoms. The number of hydrogen-bond donors (Lipinski definition) is 1. The average molecular weight is 361 g/mol. The SMILES string of the molecule is COc1cccc(C2CCCN2C(=O)CC(N)c2ccccc2)c1.Cl. The summed E-state index contributed by atoms with van der Waals surface area (Å²) in [6, 6.07) is 17.7. The van der Waals surface area contributed by atoms with E-state index in [0.29, 0.717) is 6.42 Å². The molecule has 0 saturated carbocycles. The highest BCUT2D eigenvalue weighted by Crippen LogP contribution is 2.34. The van der Waals surface area contributed by atoms with Gasteiger partial charge in [-0.2, -0.15) is 0 Å². The normalized spacial score (nSPS) is 17.7. The fourth-order valence-corrected chi connectivity index (χ4v) is 3.38. The first-order valence-corrected chi connectivity index (χ1v) is 8.43. The Morgan fingerprint density at radius 2 is 2.00 bits per heavy atom. The molecule has 1 saturated heterocycles. The van der Waals surface area contributed by atoms with Gasteiger partial charge in [0, 0.05) is 19.0 Å². The van der Waals surface area contributed by atoms with E-state index in [0.717, 1.165) is 36.3 Å². The Morgan fingerprint density at radius 1 is 1.24 bits per heavy atom. The van der Waals surface area contributed by atoms with E-state index in [1.54, 1.807) is 7.11 Å². The molecule has 2 unspecified atom stereocenters. The lowest BCUT2D eigenvalue weighted by molar-refractivity contribution is -0.132. The number of halogens is 1. The van der Waals surface area contributed by atoms with Crippen LogP contribution in [0.2, 0.25) is 0 Å². The van der Waals surface area contributed by atoms with Gasteiger partial charge in [-0.05, 0) is 36.1 Å². The summed E-state index contributed by atoms with van der Waals surface area (Å²) in [5.41, 5.74) is 8.36. The highest BCUT2D eigenvalue weighted by molar-refractivity contribution is 5.85. The van der Waals surface area contributed by atoms with Crippen LogP contribution in [-0.2, 0) is 4.79 Å². The highest BCUT2D eigenvalue weighted by atomic mass is 35.5. The molecule has 1 amide bonds. The lowest BCUT2D eigenvalue weighted by atomic mass is 10.0. The van der Waals surface area contributed by atoms with Crippen molar-refractivity contribution < 1.29 is 9.53 Å². The van der Waals surface area contributed by atoms with Gasteiger partial charge >= 0.3 is 0 Å². The predicted molar refractivity (Wildman–Crippen MR) is 102 cm³/mol. The van der Waals surface area contributed by atoms with Crippen molar-refractivity contribution >= 4 is 18.3 Å². The largest absolute Gasteiger partial charge is 0.497 e. The zero-order valence-corrected chi connectivity index (χ0v) is 15.2. The molecule has 1 aliphatic heterocycles. The molecular formula is C20H25ClN2O2. The van der Waals surface area contributed by atoms with Crippen LogP contribution in [0.4, 0.5) is 0 Å². The summed E-state index contributed by atoms with van der Waals surface area (Å²) in [5.74, 6) is 0.949. The molecule has 2 atom stereocenters. The number of likely N-dealkylation sites (tertiary alicyclic amines) is 1. The molecule has 25 heavy (non-hydrogen) atoms. The van der Waals surface area contributed by atoms with Crippen molar-refractivity contribution in [1.82, 2.24) is 4.90 Å². The fraction of sp³-hybridized carbons (Fsp3) is 0.350. The van der Waals surface area contributed by atoms with E-state index in [4.69, 9.17) is 10.5 Å². The molecule has 0 aromatic heterocycles. The summed E-state index contributed by atoms with van der Waals surface area (Å²) in [6.45, 7) is 0.794. The van der Waals surface area contributed by atoms with Crippen LogP contribution in [-0.4, -0.2) is 24.5 Å². The molecule has 0 aliphatic carbocycles. The number of carbonyl (C=O) groups excluding carboxylic acids is 1. The first-order valence-electron chi connectivity index (χ1n) is 8.43. The van der Waals surface area contributed by atoms with Gasteiger partial charge in [-0.25, -0.2) is 0 Å². The maximum absolute atomic E-state index is 12.8. The molecule has 0 bridgehead atoms. The average Bonchev–Trinajstić information content (AvgIpc) is 3.12. The minimum absolute atomic E-state index is 0. The number of rotatable bonds is 5. The number of hydrogen-bond acceptors (Lipinski definition) is 3. The summed E-state index contributed by atoms with van der Waals surface area (Å²) in [5, 5.41) is 0. The van der Waals surface area contributed by atoms with Gasteiger partial charge in [0.15, 0.2) is 0 Å². The first-order chi connectivity index (χ1) is 11.7.